The topological polar surface area (TPSA) is 119 Å². The second kappa shape index (κ2) is 38.0. The third-order valence-electron chi connectivity index (χ3n) is 7.91. The minimum Gasteiger partial charge on any atom is -0.462 e. The number of allylic oxidation sites excluding steroid dienone is 14. The molecule has 0 amide bonds. The number of phosphoric acid groups is 1. The Morgan fingerprint density at radius 3 is 1.46 bits per heavy atom. The van der Waals surface area contributed by atoms with Gasteiger partial charge in [0.15, 0.2) is 6.10 Å². The zero-order valence-corrected chi connectivity index (χ0v) is 33.3. The Labute approximate surface area is 316 Å². The zero-order valence-electron chi connectivity index (χ0n) is 32.4. The van der Waals surface area contributed by atoms with Crippen LogP contribution in [0.2, 0.25) is 0 Å². The SMILES string of the molecule is CC/C=C/C/C=C/C/C=C/C/C=C/C/C=C/C/C=C/CCC(=O)O[C@H](COC(=O)CCCCCCCCCCC/C=C/CCCC)COP(=O)(O)O. The van der Waals surface area contributed by atoms with Crippen LogP contribution in [-0.2, 0) is 28.2 Å². The van der Waals surface area contributed by atoms with Gasteiger partial charge in [-0.2, -0.15) is 0 Å². The number of ether oxygens (including phenoxy) is 2. The van der Waals surface area contributed by atoms with Crippen LogP contribution in [-0.4, -0.2) is 41.0 Å². The van der Waals surface area contributed by atoms with Gasteiger partial charge in [0.2, 0.25) is 0 Å². The van der Waals surface area contributed by atoms with Gasteiger partial charge < -0.3 is 19.3 Å². The van der Waals surface area contributed by atoms with Crippen molar-refractivity contribution in [3.05, 3.63) is 85.1 Å². The first kappa shape index (κ1) is 49.2. The van der Waals surface area contributed by atoms with E-state index in [2.05, 4.69) is 91.3 Å². The van der Waals surface area contributed by atoms with E-state index in [0.29, 0.717) is 12.8 Å². The molecule has 0 aliphatic heterocycles. The highest BCUT2D eigenvalue weighted by Gasteiger charge is 2.22. The molecule has 0 fully saturated rings. The summed E-state index contributed by atoms with van der Waals surface area (Å²) < 4.78 is 26.3. The minimum atomic E-state index is -4.78. The summed E-state index contributed by atoms with van der Waals surface area (Å²) in [5, 5.41) is 0. The first-order valence-corrected chi connectivity index (χ1v) is 21.4. The van der Waals surface area contributed by atoms with Crippen molar-refractivity contribution >= 4 is 19.8 Å². The Morgan fingerprint density at radius 1 is 0.519 bits per heavy atom. The first-order valence-electron chi connectivity index (χ1n) is 19.9. The van der Waals surface area contributed by atoms with Crippen molar-refractivity contribution in [2.45, 2.75) is 161 Å². The predicted molar refractivity (Wildman–Crippen MR) is 216 cm³/mol. The molecule has 0 heterocycles. The summed E-state index contributed by atoms with van der Waals surface area (Å²) in [5.41, 5.74) is 0. The summed E-state index contributed by atoms with van der Waals surface area (Å²) in [4.78, 5) is 42.7. The van der Waals surface area contributed by atoms with Gasteiger partial charge in [-0.3, -0.25) is 14.1 Å². The number of hydrogen-bond donors (Lipinski definition) is 2. The van der Waals surface area contributed by atoms with Crippen molar-refractivity contribution < 1.29 is 37.9 Å². The largest absolute Gasteiger partial charge is 0.469 e. The van der Waals surface area contributed by atoms with Crippen LogP contribution < -0.4 is 0 Å². The molecule has 52 heavy (non-hydrogen) atoms. The molecule has 0 saturated heterocycles. The van der Waals surface area contributed by atoms with Crippen LogP contribution in [0.25, 0.3) is 0 Å². The minimum absolute atomic E-state index is 0.0823. The van der Waals surface area contributed by atoms with E-state index in [1.807, 2.05) is 12.2 Å². The fourth-order valence-electron chi connectivity index (χ4n) is 4.97. The van der Waals surface area contributed by atoms with Crippen LogP contribution in [0.15, 0.2) is 85.1 Å². The third-order valence-corrected chi connectivity index (χ3v) is 8.40. The highest BCUT2D eigenvalue weighted by molar-refractivity contribution is 7.46. The molecule has 0 aromatic rings. The molecule has 9 heteroatoms. The number of esters is 2. The lowest BCUT2D eigenvalue weighted by atomic mass is 10.1. The Morgan fingerprint density at radius 2 is 0.962 bits per heavy atom. The second-order valence-corrected chi connectivity index (χ2v) is 14.1. The molecule has 1 atom stereocenters. The van der Waals surface area contributed by atoms with Gasteiger partial charge >= 0.3 is 19.8 Å². The van der Waals surface area contributed by atoms with Crippen molar-refractivity contribution in [1.29, 1.82) is 0 Å². The monoisotopic (exact) mass is 746 g/mol. The summed E-state index contributed by atoms with van der Waals surface area (Å²) in [6.07, 6.45) is 50.3. The molecule has 0 aliphatic rings. The molecule has 0 unspecified atom stereocenters. The highest BCUT2D eigenvalue weighted by Crippen LogP contribution is 2.35. The van der Waals surface area contributed by atoms with E-state index in [1.54, 1.807) is 0 Å². The normalized spacial score (nSPS) is 13.4. The molecule has 296 valence electrons. The number of phosphoric ester groups is 1. The van der Waals surface area contributed by atoms with Gasteiger partial charge in [0.1, 0.15) is 6.61 Å². The van der Waals surface area contributed by atoms with Crippen LogP contribution in [0, 0.1) is 0 Å². The lowest BCUT2D eigenvalue weighted by molar-refractivity contribution is -0.161. The summed E-state index contributed by atoms with van der Waals surface area (Å²) in [6.45, 7) is 3.46. The van der Waals surface area contributed by atoms with Crippen molar-refractivity contribution in [3.8, 4) is 0 Å². The molecule has 2 N–H and O–H groups in total. The maximum atomic E-state index is 12.4. The summed E-state index contributed by atoms with van der Waals surface area (Å²) >= 11 is 0. The number of rotatable bonds is 35. The molecule has 0 saturated carbocycles. The maximum absolute atomic E-state index is 12.4. The molecule has 0 aliphatic carbocycles. The lowest BCUT2D eigenvalue weighted by Gasteiger charge is -2.18. The number of hydrogen-bond acceptors (Lipinski definition) is 6. The number of unbranched alkanes of at least 4 members (excludes halogenated alkanes) is 11. The van der Waals surface area contributed by atoms with E-state index in [9.17, 15) is 14.2 Å². The summed E-state index contributed by atoms with van der Waals surface area (Å²) in [7, 11) is -4.78. The van der Waals surface area contributed by atoms with Crippen molar-refractivity contribution in [2.24, 2.45) is 0 Å². The molecular weight excluding hydrogens is 675 g/mol. The quantitative estimate of drug-likeness (QED) is 0.0285. The molecule has 8 nitrogen and oxygen atoms in total. The maximum Gasteiger partial charge on any atom is 0.469 e. The number of carbonyl (C=O) groups is 2. The van der Waals surface area contributed by atoms with Gasteiger partial charge in [-0.05, 0) is 70.6 Å². The highest BCUT2D eigenvalue weighted by atomic mass is 31.2. The van der Waals surface area contributed by atoms with Gasteiger partial charge in [-0.25, -0.2) is 4.57 Å². The van der Waals surface area contributed by atoms with E-state index < -0.39 is 32.5 Å². The molecule has 0 aromatic carbocycles. The smallest absolute Gasteiger partial charge is 0.462 e. The van der Waals surface area contributed by atoms with E-state index in [0.717, 1.165) is 57.8 Å². The number of carbonyl (C=O) groups excluding carboxylic acids is 2. The van der Waals surface area contributed by atoms with Gasteiger partial charge in [-0.1, -0.05) is 157 Å². The lowest BCUT2D eigenvalue weighted by Crippen LogP contribution is -2.29. The Kier molecular flexibility index (Phi) is 35.9. The van der Waals surface area contributed by atoms with Crippen LogP contribution in [0.4, 0.5) is 0 Å². The zero-order chi connectivity index (χ0) is 38.2. The standard InChI is InChI=1S/C43H71O8P/c1-3-5-7-9-11-13-15-17-19-20-21-22-24-26-28-30-32-34-36-38-43(45)51-41(40-50-52(46,47)48)39-49-42(44)37-35-33-31-29-27-25-23-18-16-14-12-10-8-6-4-2/h5,7,10-13,17,19,21-22,26,28,32,34,41H,3-4,6,8-9,14-16,18,20,23-25,27,29-31,33,35-40H2,1-2H3,(H2,46,47,48)/b7-5+,12-10+,13-11+,19-17+,22-21+,28-26+,34-32+/t41-/m1/s1. The predicted octanol–water partition coefficient (Wildman–Crippen LogP) is 12.1. The molecule has 0 radical (unpaired) electrons. The van der Waals surface area contributed by atoms with Gasteiger partial charge in [0.25, 0.3) is 0 Å². The fraction of sp³-hybridized carbons (Fsp3) is 0.628. The van der Waals surface area contributed by atoms with Gasteiger partial charge in [-0.15, -0.1) is 0 Å². The second-order valence-electron chi connectivity index (χ2n) is 12.9. The Balaban J connectivity index is 4.10. The van der Waals surface area contributed by atoms with E-state index in [-0.39, 0.29) is 19.4 Å². The average Bonchev–Trinajstić information content (AvgIpc) is 3.11. The van der Waals surface area contributed by atoms with E-state index in [1.165, 1.54) is 57.8 Å². The Bertz CT molecular complexity index is 1110. The van der Waals surface area contributed by atoms with Crippen molar-refractivity contribution in [2.75, 3.05) is 13.2 Å². The fourth-order valence-corrected chi connectivity index (χ4v) is 5.33. The van der Waals surface area contributed by atoms with Crippen LogP contribution in [0.5, 0.6) is 0 Å². The van der Waals surface area contributed by atoms with Gasteiger partial charge in [0.05, 0.1) is 6.61 Å². The van der Waals surface area contributed by atoms with Gasteiger partial charge in [0, 0.05) is 12.8 Å². The first-order chi connectivity index (χ1) is 25.3. The van der Waals surface area contributed by atoms with Crippen LogP contribution in [0.1, 0.15) is 155 Å². The van der Waals surface area contributed by atoms with E-state index in [4.69, 9.17) is 19.3 Å². The molecule has 0 bridgehead atoms. The third kappa shape index (κ3) is 40.0. The summed E-state index contributed by atoms with van der Waals surface area (Å²) in [6, 6.07) is 0. The summed E-state index contributed by atoms with van der Waals surface area (Å²) in [5.74, 6) is -0.993. The average molecular weight is 747 g/mol. The molecule has 0 rings (SSSR count). The molecule has 0 aromatic heterocycles. The van der Waals surface area contributed by atoms with Crippen molar-refractivity contribution in [3.63, 3.8) is 0 Å². The van der Waals surface area contributed by atoms with Crippen LogP contribution in [0.3, 0.4) is 0 Å². The van der Waals surface area contributed by atoms with Crippen LogP contribution >= 0.6 is 7.82 Å². The van der Waals surface area contributed by atoms with Crippen molar-refractivity contribution in [1.82, 2.24) is 0 Å². The van der Waals surface area contributed by atoms with E-state index >= 15 is 0 Å². The molecular formula is C43H71O8P. The molecule has 0 spiro atoms. The Hall–Kier alpha value is -2.77.